The van der Waals surface area contributed by atoms with E-state index in [0.717, 1.165) is 57.8 Å². The minimum atomic E-state index is -4.71. The van der Waals surface area contributed by atoms with Gasteiger partial charge in [0.15, 0.2) is 0 Å². The number of phosphoric acid groups is 1. The lowest BCUT2D eigenvalue weighted by Crippen LogP contribution is -2.47. The van der Waals surface area contributed by atoms with E-state index in [-0.39, 0.29) is 18.9 Å². The second-order valence-electron chi connectivity index (χ2n) is 21.5. The normalized spacial score (nSPS) is 14.1. The molecule has 0 radical (unpaired) electrons. The van der Waals surface area contributed by atoms with Gasteiger partial charge in [0, 0.05) is 12.8 Å². The maximum atomic E-state index is 13.5. The largest absolute Gasteiger partial charge is 0.756 e. The monoisotopic (exact) mass is 1020 g/mol. The van der Waals surface area contributed by atoms with Gasteiger partial charge in [-0.25, -0.2) is 0 Å². The molecule has 0 aromatic carbocycles. The van der Waals surface area contributed by atoms with Gasteiger partial charge in [0.2, 0.25) is 5.91 Å². The molecule has 1 amide bonds. The van der Waals surface area contributed by atoms with E-state index < -0.39 is 32.5 Å². The van der Waals surface area contributed by atoms with Crippen LogP contribution in [0.1, 0.15) is 278 Å². The minimum Gasteiger partial charge on any atom is -0.756 e. The first-order valence-electron chi connectivity index (χ1n) is 29.9. The lowest BCUT2D eigenvalue weighted by molar-refractivity contribution is -0.870. The summed E-state index contributed by atoms with van der Waals surface area (Å²) in [6.07, 6.45) is 62.3. The molecule has 3 atom stereocenters. The smallest absolute Gasteiger partial charge is 0.306 e. The molecule has 71 heavy (non-hydrogen) atoms. The van der Waals surface area contributed by atoms with E-state index in [1.165, 1.54) is 180 Å². The molecule has 0 spiro atoms. The molecule has 0 saturated carbocycles. The number of unbranched alkanes of at least 4 members (excludes halogenated alkanes) is 32. The number of hydrogen-bond donors (Lipinski definition) is 1. The highest BCUT2D eigenvalue weighted by molar-refractivity contribution is 7.45. The number of nitrogens with zero attached hydrogens (tertiary/aromatic N) is 1. The Hall–Kier alpha value is -2.03. The van der Waals surface area contributed by atoms with Crippen molar-refractivity contribution in [2.45, 2.75) is 290 Å². The van der Waals surface area contributed by atoms with Crippen LogP contribution in [0.15, 0.2) is 48.6 Å². The lowest BCUT2D eigenvalue weighted by Gasteiger charge is -2.30. The number of carbonyl (C=O) groups excluding carboxylic acids is 2. The zero-order valence-corrected chi connectivity index (χ0v) is 48.3. The van der Waals surface area contributed by atoms with Crippen LogP contribution in [-0.2, 0) is 27.9 Å². The molecule has 0 rings (SSSR count). The molecular weight excluding hydrogens is 904 g/mol. The van der Waals surface area contributed by atoms with E-state index in [1.807, 2.05) is 39.4 Å². The Balaban J connectivity index is 5.34. The summed E-state index contributed by atoms with van der Waals surface area (Å²) in [5, 5.41) is 3.01. The summed E-state index contributed by atoms with van der Waals surface area (Å²) in [6, 6.07) is -0.910. The third-order valence-electron chi connectivity index (χ3n) is 13.2. The minimum absolute atomic E-state index is 0.0298. The maximum Gasteiger partial charge on any atom is 0.306 e. The van der Waals surface area contributed by atoms with Crippen LogP contribution in [0, 0.1) is 0 Å². The van der Waals surface area contributed by atoms with Gasteiger partial charge in [0.1, 0.15) is 19.3 Å². The summed E-state index contributed by atoms with van der Waals surface area (Å²) in [7, 11) is 1.16. The van der Waals surface area contributed by atoms with Gasteiger partial charge in [0.25, 0.3) is 7.82 Å². The van der Waals surface area contributed by atoms with Crippen LogP contribution in [0.4, 0.5) is 0 Å². The fraction of sp³-hybridized carbons (Fsp3) is 0.836. The number of phosphoric ester groups is 1. The lowest BCUT2D eigenvalue weighted by atomic mass is 10.0. The Labute approximate surface area is 439 Å². The number of likely N-dealkylation sites (N-methyl/N-ethyl adjacent to an activating group) is 1. The van der Waals surface area contributed by atoms with Crippen molar-refractivity contribution in [2.24, 2.45) is 0 Å². The van der Waals surface area contributed by atoms with Crippen LogP contribution >= 0.6 is 7.82 Å². The van der Waals surface area contributed by atoms with Gasteiger partial charge >= 0.3 is 5.97 Å². The van der Waals surface area contributed by atoms with E-state index in [0.29, 0.717) is 23.9 Å². The zero-order valence-electron chi connectivity index (χ0n) is 47.4. The topological polar surface area (TPSA) is 114 Å². The van der Waals surface area contributed by atoms with Gasteiger partial charge < -0.3 is 28.5 Å². The van der Waals surface area contributed by atoms with Crippen LogP contribution in [0.5, 0.6) is 0 Å². The molecule has 0 heterocycles. The van der Waals surface area contributed by atoms with Gasteiger partial charge in [-0.3, -0.25) is 14.2 Å². The second kappa shape index (κ2) is 51.5. The predicted octanol–water partition coefficient (Wildman–Crippen LogP) is 17.5. The van der Waals surface area contributed by atoms with E-state index >= 15 is 0 Å². The maximum absolute atomic E-state index is 13.5. The quantitative estimate of drug-likeness (QED) is 0.0212. The molecular formula is C61H115N2O7P. The fourth-order valence-electron chi connectivity index (χ4n) is 8.57. The Morgan fingerprint density at radius 2 is 0.873 bits per heavy atom. The number of carbonyl (C=O) groups is 2. The molecule has 0 aromatic heterocycles. The molecule has 0 bridgehead atoms. The average molecular weight is 1020 g/mol. The Morgan fingerprint density at radius 3 is 1.31 bits per heavy atom. The summed E-state index contributed by atoms with van der Waals surface area (Å²) in [6.45, 7) is 6.81. The number of hydrogen-bond acceptors (Lipinski definition) is 7. The number of nitrogens with one attached hydrogen (secondary N) is 1. The Morgan fingerprint density at radius 1 is 0.493 bits per heavy atom. The standard InChI is InChI=1S/C61H115N2O7P/c1-7-10-13-16-19-22-25-28-29-30-31-32-33-36-38-41-44-47-50-53-60(64)62-58(57-69-71(66,67)68-56-55-63(4,5)6)59(52-49-46-43-40-37-34-26-23-20-17-14-11-8-2)70-61(65)54-51-48-45-42-39-35-27-24-21-18-15-12-9-3/h28-29,35,39,45,48-49,52,58-59H,7-27,30-34,36-38,40-44,46-47,50-51,53-57H2,1-6H3,(H-,62,64,66,67)/b29-28+,39-35-,48-45+,52-49-. The van der Waals surface area contributed by atoms with Gasteiger partial charge in [-0.05, 0) is 76.7 Å². The highest BCUT2D eigenvalue weighted by Crippen LogP contribution is 2.38. The summed E-state index contributed by atoms with van der Waals surface area (Å²) in [4.78, 5) is 39.8. The van der Waals surface area contributed by atoms with Crippen LogP contribution < -0.4 is 10.2 Å². The van der Waals surface area contributed by atoms with E-state index in [9.17, 15) is 19.0 Å². The van der Waals surface area contributed by atoms with E-state index in [1.54, 1.807) is 0 Å². The highest BCUT2D eigenvalue weighted by Gasteiger charge is 2.27. The highest BCUT2D eigenvalue weighted by atomic mass is 31.2. The van der Waals surface area contributed by atoms with Gasteiger partial charge in [-0.15, -0.1) is 0 Å². The van der Waals surface area contributed by atoms with Crippen molar-refractivity contribution in [3.05, 3.63) is 48.6 Å². The van der Waals surface area contributed by atoms with Gasteiger partial charge in [-0.1, -0.05) is 237 Å². The van der Waals surface area contributed by atoms with Crippen molar-refractivity contribution in [3.63, 3.8) is 0 Å². The van der Waals surface area contributed by atoms with Crippen molar-refractivity contribution in [2.75, 3.05) is 40.9 Å². The zero-order chi connectivity index (χ0) is 52.2. The summed E-state index contributed by atoms with van der Waals surface area (Å²) < 4.78 is 30.2. The Bertz CT molecular complexity index is 1360. The molecule has 416 valence electrons. The molecule has 0 aromatic rings. The first kappa shape index (κ1) is 69.0. The Kier molecular flexibility index (Phi) is 50.0. The number of esters is 1. The van der Waals surface area contributed by atoms with E-state index in [2.05, 4.69) is 56.5 Å². The summed E-state index contributed by atoms with van der Waals surface area (Å²) in [5.41, 5.74) is 0. The molecule has 0 aliphatic carbocycles. The van der Waals surface area contributed by atoms with Crippen molar-refractivity contribution in [3.8, 4) is 0 Å². The van der Waals surface area contributed by atoms with Crippen molar-refractivity contribution in [1.82, 2.24) is 5.32 Å². The number of ether oxygens (including phenoxy) is 1. The SMILES string of the molecule is CCCCCCCC/C=C\C/C=C/CCC(=O)OC(/C=C\CCCCCCCCCCCCC)C(COP(=O)([O-])OCC[N+](C)(C)C)NC(=O)CCCCCCCCCCC/C=C/CCCCCCCC. The molecule has 0 fully saturated rings. The number of rotatable bonds is 54. The molecule has 10 heteroatoms. The second-order valence-corrected chi connectivity index (χ2v) is 22.9. The number of quaternary nitrogens is 1. The molecule has 9 nitrogen and oxygen atoms in total. The van der Waals surface area contributed by atoms with Crippen LogP contribution in [0.2, 0.25) is 0 Å². The van der Waals surface area contributed by atoms with Crippen LogP contribution in [0.3, 0.4) is 0 Å². The molecule has 0 saturated heterocycles. The third-order valence-corrected chi connectivity index (χ3v) is 14.2. The summed E-state index contributed by atoms with van der Waals surface area (Å²) in [5.74, 6) is -0.615. The average Bonchev–Trinajstić information content (AvgIpc) is 3.33. The molecule has 0 aliphatic heterocycles. The van der Waals surface area contributed by atoms with Crippen molar-refractivity contribution >= 4 is 19.7 Å². The number of allylic oxidation sites excluding steroid dienone is 7. The van der Waals surface area contributed by atoms with Crippen molar-refractivity contribution < 1.29 is 37.3 Å². The van der Waals surface area contributed by atoms with E-state index in [4.69, 9.17) is 13.8 Å². The molecule has 1 N–H and O–H groups in total. The van der Waals surface area contributed by atoms with Crippen LogP contribution in [0.25, 0.3) is 0 Å². The first-order valence-corrected chi connectivity index (χ1v) is 31.4. The van der Waals surface area contributed by atoms with Gasteiger partial charge in [0.05, 0.1) is 33.8 Å². The summed E-state index contributed by atoms with van der Waals surface area (Å²) >= 11 is 0. The number of amides is 1. The van der Waals surface area contributed by atoms with Crippen LogP contribution in [-0.4, -0.2) is 69.4 Å². The van der Waals surface area contributed by atoms with Gasteiger partial charge in [-0.2, -0.15) is 0 Å². The molecule has 3 unspecified atom stereocenters. The fourth-order valence-corrected chi connectivity index (χ4v) is 9.29. The van der Waals surface area contributed by atoms with Crippen molar-refractivity contribution in [1.29, 1.82) is 0 Å². The predicted molar refractivity (Wildman–Crippen MR) is 302 cm³/mol. The third kappa shape index (κ3) is 52.6. The first-order chi connectivity index (χ1) is 34.4. The molecule has 0 aliphatic rings.